The number of hydrogen-bond donors (Lipinski definition) is 0. The van der Waals surface area contributed by atoms with Crippen LogP contribution in [0, 0.1) is 13.0 Å². The quantitative estimate of drug-likeness (QED) is 0.643. The van der Waals surface area contributed by atoms with Gasteiger partial charge in [-0.15, -0.1) is 0 Å². The fourth-order valence-electron chi connectivity index (χ4n) is 1.14. The van der Waals surface area contributed by atoms with E-state index in [4.69, 9.17) is 4.42 Å². The van der Waals surface area contributed by atoms with Crippen LogP contribution >= 0.6 is 0 Å². The molecule has 69 valence electrons. The van der Waals surface area contributed by atoms with E-state index in [-0.39, 0.29) is 98.1 Å². The third-order valence-electron chi connectivity index (χ3n) is 1.74. The van der Waals surface area contributed by atoms with Crippen LogP contribution in [0.1, 0.15) is 5.76 Å². The van der Waals surface area contributed by atoms with Crippen LogP contribution in [-0.4, -0.2) is 0 Å². The molecule has 3 radical (unpaired) electrons. The molecule has 0 N–H and O–H groups in total. The number of hydrogen-bond acceptors (Lipinski definition) is 1. The minimum atomic E-state index is 0. The van der Waals surface area contributed by atoms with Crippen molar-refractivity contribution < 1.29 is 103 Å². The molecule has 0 aliphatic heterocycles. The maximum Gasteiger partial charge on any atom is 0.110 e. The van der Waals surface area contributed by atoms with Crippen molar-refractivity contribution in [2.75, 3.05) is 0 Å². The minimum Gasteiger partial charge on any atom is -0.464 e. The average molecular weight is 424 g/mol. The van der Waals surface area contributed by atoms with Gasteiger partial charge in [0.05, 0.1) is 0 Å². The van der Waals surface area contributed by atoms with Crippen LogP contribution in [0.25, 0.3) is 11.3 Å². The van der Waals surface area contributed by atoms with E-state index >= 15 is 0 Å². The largest absolute Gasteiger partial charge is 0.464 e. The fraction of sp³-hybridized carbons (Fsp3) is 0.0909. The Labute approximate surface area is 166 Å². The third kappa shape index (κ3) is 5.80. The summed E-state index contributed by atoms with van der Waals surface area (Å²) in [4.78, 5) is 0. The second-order valence-corrected chi connectivity index (χ2v) is 2.70. The Morgan fingerprint density at radius 2 is 1.53 bits per heavy atom. The van der Waals surface area contributed by atoms with Crippen molar-refractivity contribution in [3.8, 4) is 11.3 Å². The van der Waals surface area contributed by atoms with Crippen LogP contribution in [0.5, 0.6) is 0 Å². The first-order valence-electron chi connectivity index (χ1n) is 3.89. The van der Waals surface area contributed by atoms with E-state index in [9.17, 15) is 0 Å². The van der Waals surface area contributed by atoms with Gasteiger partial charge in [0.15, 0.2) is 0 Å². The van der Waals surface area contributed by atoms with Crippen molar-refractivity contribution in [3.05, 3.63) is 48.2 Å². The summed E-state index contributed by atoms with van der Waals surface area (Å²) >= 11 is 0. The van der Waals surface area contributed by atoms with E-state index in [1.165, 1.54) is 0 Å². The summed E-state index contributed by atoms with van der Waals surface area (Å²) in [5, 5.41) is 0. The van der Waals surface area contributed by atoms with E-state index in [0.717, 1.165) is 17.1 Å². The van der Waals surface area contributed by atoms with Crippen LogP contribution in [0.15, 0.2) is 40.8 Å². The normalized spacial score (nSPS) is 8.07. The van der Waals surface area contributed by atoms with Crippen LogP contribution in [0.3, 0.4) is 0 Å². The summed E-state index contributed by atoms with van der Waals surface area (Å²) in [6, 6.07) is 14.6. The van der Waals surface area contributed by atoms with Gasteiger partial charge in [-0.25, -0.2) is 0 Å². The van der Waals surface area contributed by atoms with Gasteiger partial charge in [-0.1, -0.05) is 5.56 Å². The maximum absolute atomic E-state index is 5.46. The Morgan fingerprint density at radius 3 is 2.00 bits per heavy atom. The standard InChI is InChI=1S/C11H9O.3Y/c1-9-7-8-11(12-9)10-5-3-2-4-6-10;;;/h3-8H,1H3;;;/q-1;;;. The van der Waals surface area contributed by atoms with Crippen LogP contribution in [0.2, 0.25) is 0 Å². The van der Waals surface area contributed by atoms with Gasteiger partial charge in [-0.05, 0) is 19.1 Å². The third-order valence-corrected chi connectivity index (χ3v) is 1.74. The Hall–Kier alpha value is 1.81. The van der Waals surface area contributed by atoms with Crippen molar-refractivity contribution in [3.63, 3.8) is 0 Å². The van der Waals surface area contributed by atoms with E-state index in [0.29, 0.717) is 0 Å². The molecule has 0 aliphatic rings. The first-order chi connectivity index (χ1) is 5.86. The predicted molar refractivity (Wildman–Crippen MR) is 47.7 cm³/mol. The zero-order valence-corrected chi connectivity index (χ0v) is 17.1. The van der Waals surface area contributed by atoms with Gasteiger partial charge in [-0.2, -0.15) is 30.3 Å². The molecule has 0 aliphatic carbocycles. The molecule has 0 saturated heterocycles. The summed E-state index contributed by atoms with van der Waals surface area (Å²) in [7, 11) is 0. The predicted octanol–water partition coefficient (Wildman–Crippen LogP) is 3.05. The molecule has 2 aromatic rings. The van der Waals surface area contributed by atoms with Crippen molar-refractivity contribution in [2.45, 2.75) is 6.92 Å². The summed E-state index contributed by atoms with van der Waals surface area (Å²) < 4.78 is 5.46. The summed E-state index contributed by atoms with van der Waals surface area (Å²) in [6.07, 6.45) is 0. The van der Waals surface area contributed by atoms with Gasteiger partial charge >= 0.3 is 0 Å². The van der Waals surface area contributed by atoms with Crippen LogP contribution in [0.4, 0.5) is 0 Å². The SMILES string of the molecule is Cc1ccc(-c2cc[c-]cc2)o1.[Y].[Y].[Y]. The fourth-order valence-corrected chi connectivity index (χ4v) is 1.14. The van der Waals surface area contributed by atoms with Gasteiger partial charge in [0, 0.05) is 98.1 Å². The second kappa shape index (κ2) is 9.80. The van der Waals surface area contributed by atoms with Crippen LogP contribution in [-0.2, 0) is 98.1 Å². The molecule has 4 heteroatoms. The van der Waals surface area contributed by atoms with E-state index in [1.807, 2.05) is 43.3 Å². The van der Waals surface area contributed by atoms with E-state index < -0.39 is 0 Å². The molecule has 0 fully saturated rings. The first-order valence-corrected chi connectivity index (χ1v) is 3.89. The first kappa shape index (κ1) is 19.2. The van der Waals surface area contributed by atoms with Gasteiger partial charge in [0.2, 0.25) is 0 Å². The molecular weight excluding hydrogens is 415 g/mol. The average Bonchev–Trinajstić information content (AvgIpc) is 2.54. The summed E-state index contributed by atoms with van der Waals surface area (Å²) in [5.41, 5.74) is 1.10. The maximum atomic E-state index is 5.46. The van der Waals surface area contributed by atoms with Crippen LogP contribution < -0.4 is 0 Å². The topological polar surface area (TPSA) is 13.1 Å². The van der Waals surface area contributed by atoms with Gasteiger partial charge in [0.1, 0.15) is 11.5 Å². The molecule has 2 rings (SSSR count). The number of benzene rings is 1. The number of rotatable bonds is 1. The summed E-state index contributed by atoms with van der Waals surface area (Å²) in [6.45, 7) is 1.94. The van der Waals surface area contributed by atoms with Gasteiger partial charge in [0.25, 0.3) is 0 Å². The molecule has 15 heavy (non-hydrogen) atoms. The molecule has 1 nitrogen and oxygen atoms in total. The Bertz CT molecular complexity index is 370. The Kier molecular flexibility index (Phi) is 12.5. The van der Waals surface area contributed by atoms with Crippen molar-refractivity contribution >= 4 is 0 Å². The molecule has 0 atom stereocenters. The zero-order valence-electron chi connectivity index (χ0n) is 8.60. The molecule has 1 aromatic heterocycles. The van der Waals surface area contributed by atoms with Crippen molar-refractivity contribution in [1.82, 2.24) is 0 Å². The molecule has 0 unspecified atom stereocenters. The second-order valence-electron chi connectivity index (χ2n) is 2.70. The molecule has 0 bridgehead atoms. The molecule has 0 saturated carbocycles. The molecule has 1 aromatic carbocycles. The minimum absolute atomic E-state index is 0. The van der Waals surface area contributed by atoms with E-state index in [1.54, 1.807) is 0 Å². The van der Waals surface area contributed by atoms with Gasteiger partial charge in [-0.3, -0.25) is 0 Å². The van der Waals surface area contributed by atoms with Crippen molar-refractivity contribution in [1.29, 1.82) is 0 Å². The van der Waals surface area contributed by atoms with E-state index in [2.05, 4.69) is 6.07 Å². The Morgan fingerprint density at radius 1 is 0.933 bits per heavy atom. The molecule has 0 amide bonds. The number of furan rings is 1. The smallest absolute Gasteiger partial charge is 0.110 e. The molecule has 0 spiro atoms. The monoisotopic (exact) mass is 424 g/mol. The Balaban J connectivity index is 0. The molecule has 1 heterocycles. The molecular formula is C11H9OY3-. The zero-order chi connectivity index (χ0) is 8.39. The summed E-state index contributed by atoms with van der Waals surface area (Å²) in [5.74, 6) is 1.86. The number of aryl methyl sites for hydroxylation is 1. The van der Waals surface area contributed by atoms with Crippen molar-refractivity contribution in [2.24, 2.45) is 0 Å². The van der Waals surface area contributed by atoms with Gasteiger partial charge < -0.3 is 4.42 Å².